The molecule has 4 aliphatic carbocycles. The van der Waals surface area contributed by atoms with E-state index in [0.29, 0.717) is 29.6 Å². The number of nitrogens with one attached hydrogen (secondary N) is 1. The predicted molar refractivity (Wildman–Crippen MR) is 266 cm³/mol. The topological polar surface area (TPSA) is 15.3 Å². The van der Waals surface area contributed by atoms with Gasteiger partial charge >= 0.3 is 0 Å². The molecule has 6 aromatic carbocycles. The van der Waals surface area contributed by atoms with E-state index in [2.05, 4.69) is 248 Å². The molecule has 0 bridgehead atoms. The summed E-state index contributed by atoms with van der Waals surface area (Å²) in [6.07, 6.45) is 29.6. The Hall–Kier alpha value is -6.90. The number of para-hydroxylation sites is 2. The van der Waals surface area contributed by atoms with Gasteiger partial charge in [-0.25, -0.2) is 0 Å². The molecule has 4 aliphatic rings. The van der Waals surface area contributed by atoms with Gasteiger partial charge in [-0.05, 0) is 137 Å². The molecule has 63 heavy (non-hydrogen) atoms. The van der Waals surface area contributed by atoms with Crippen LogP contribution in [0.3, 0.4) is 0 Å². The summed E-state index contributed by atoms with van der Waals surface area (Å²) in [5.74, 6) is 2.69. The van der Waals surface area contributed by atoms with Crippen LogP contribution < -0.4 is 10.2 Å². The molecule has 0 fully saturated rings. The molecule has 2 nitrogen and oxygen atoms in total. The second-order valence-electron chi connectivity index (χ2n) is 17.8. The molecule has 0 spiro atoms. The van der Waals surface area contributed by atoms with Crippen molar-refractivity contribution >= 4 is 22.7 Å². The highest BCUT2D eigenvalue weighted by Crippen LogP contribution is 2.44. The van der Waals surface area contributed by atoms with Gasteiger partial charge in [0.1, 0.15) is 0 Å². The summed E-state index contributed by atoms with van der Waals surface area (Å²) in [6, 6.07) is 60.4. The van der Waals surface area contributed by atoms with Crippen LogP contribution >= 0.6 is 0 Å². The van der Waals surface area contributed by atoms with Crippen molar-refractivity contribution in [2.75, 3.05) is 10.2 Å². The van der Waals surface area contributed by atoms with Crippen LogP contribution in [0.2, 0.25) is 0 Å². The number of hydrogen-bond acceptors (Lipinski definition) is 2. The van der Waals surface area contributed by atoms with Crippen LogP contribution in [0.5, 0.6) is 0 Å². The minimum Gasteiger partial charge on any atom is -0.356 e. The lowest BCUT2D eigenvalue weighted by Gasteiger charge is -2.37. The third-order valence-electron chi connectivity index (χ3n) is 13.7. The first-order chi connectivity index (χ1) is 31.1. The van der Waals surface area contributed by atoms with Crippen LogP contribution in [-0.4, -0.2) is 0 Å². The second kappa shape index (κ2) is 18.6. The van der Waals surface area contributed by atoms with Crippen LogP contribution in [0.1, 0.15) is 59.4 Å². The van der Waals surface area contributed by atoms with E-state index in [-0.39, 0.29) is 5.92 Å². The fraction of sp³-hybridized carbons (Fsp3) is 0.180. The van der Waals surface area contributed by atoms with Gasteiger partial charge in [0, 0.05) is 46.2 Å². The molecule has 0 heterocycles. The van der Waals surface area contributed by atoms with E-state index in [4.69, 9.17) is 0 Å². The smallest absolute Gasteiger partial charge is 0.0461 e. The summed E-state index contributed by atoms with van der Waals surface area (Å²) in [7, 11) is 0. The maximum atomic E-state index is 3.58. The highest BCUT2D eigenvalue weighted by Gasteiger charge is 2.33. The van der Waals surface area contributed by atoms with Crippen molar-refractivity contribution in [3.63, 3.8) is 0 Å². The van der Waals surface area contributed by atoms with Crippen LogP contribution in [0.25, 0.3) is 0 Å². The number of hydrogen-bond donors (Lipinski definition) is 1. The first-order valence-electron chi connectivity index (χ1n) is 22.9. The number of nitrogens with zero attached hydrogens (tertiary/aromatic N) is 1. The molecule has 1 N–H and O–H groups in total. The number of rotatable bonds is 13. The Morgan fingerprint density at radius 2 is 1.11 bits per heavy atom. The Morgan fingerprint density at radius 3 is 1.81 bits per heavy atom. The normalized spacial score (nSPS) is 20.7. The standard InChI is InChI=1S/C61H56N2/c1-44-39-51-18-13-14-20-53(51)43-59(44)61(48-16-5-2-6-17-48)41-46-27-25-45(26-28-46)40-60(49-29-34-55(35-30-49)62-54-21-7-3-8-22-54)50-32-36-57(37-33-50)63(56-23-9-4-10-24-56)58-38-31-47-15-11-12-19-52(47)42-58/h2-30,32-38,42-44,47,51,59-62H,31,39-41H2,1H3. The van der Waals surface area contributed by atoms with Gasteiger partial charge in [-0.2, -0.15) is 0 Å². The first kappa shape index (κ1) is 40.2. The molecular weight excluding hydrogens is 761 g/mol. The summed E-state index contributed by atoms with van der Waals surface area (Å²) in [6.45, 7) is 2.46. The molecule has 0 saturated carbocycles. The first-order valence-corrected chi connectivity index (χ1v) is 22.9. The summed E-state index contributed by atoms with van der Waals surface area (Å²) >= 11 is 0. The molecule has 6 atom stereocenters. The fourth-order valence-corrected chi connectivity index (χ4v) is 10.3. The highest BCUT2D eigenvalue weighted by molar-refractivity contribution is 5.71. The lowest BCUT2D eigenvalue weighted by molar-refractivity contribution is 0.302. The summed E-state index contributed by atoms with van der Waals surface area (Å²) in [5.41, 5.74) is 15.4. The average Bonchev–Trinajstić information content (AvgIpc) is 3.34. The van der Waals surface area contributed by atoms with Gasteiger partial charge in [0.2, 0.25) is 0 Å². The minimum atomic E-state index is 0.175. The lowest BCUT2D eigenvalue weighted by atomic mass is 9.67. The Morgan fingerprint density at radius 1 is 0.540 bits per heavy atom. The quantitative estimate of drug-likeness (QED) is 0.125. The van der Waals surface area contributed by atoms with Crippen LogP contribution in [0, 0.1) is 23.7 Å². The number of benzene rings is 6. The number of anilines is 4. The Balaban J connectivity index is 0.943. The van der Waals surface area contributed by atoms with E-state index in [9.17, 15) is 0 Å². The highest BCUT2D eigenvalue weighted by atomic mass is 15.1. The molecule has 6 unspecified atom stereocenters. The SMILES string of the molecule is CC1CC2C=CC=CC2=CC1C(Cc1ccc(CC(c2ccc(Nc3ccccc3)cc2)c2ccc(N(C3=CCC4C=CC=CC4=C3)c3ccccc3)cc2)cc1)c1ccccc1. The molecule has 0 radical (unpaired) electrons. The van der Waals surface area contributed by atoms with Crippen molar-refractivity contribution in [3.05, 3.63) is 275 Å². The number of fused-ring (bicyclic) bond motifs is 2. The van der Waals surface area contributed by atoms with Crippen molar-refractivity contribution in [3.8, 4) is 0 Å². The molecule has 310 valence electrons. The Bertz CT molecular complexity index is 2700. The monoisotopic (exact) mass is 816 g/mol. The largest absolute Gasteiger partial charge is 0.356 e. The summed E-state index contributed by atoms with van der Waals surface area (Å²) in [4.78, 5) is 2.41. The van der Waals surface area contributed by atoms with Gasteiger partial charge < -0.3 is 10.2 Å². The van der Waals surface area contributed by atoms with E-state index in [0.717, 1.165) is 42.0 Å². The van der Waals surface area contributed by atoms with E-state index < -0.39 is 0 Å². The molecule has 0 amide bonds. The Labute approximate surface area is 374 Å². The second-order valence-corrected chi connectivity index (χ2v) is 17.8. The van der Waals surface area contributed by atoms with Gasteiger partial charge in [-0.15, -0.1) is 0 Å². The van der Waals surface area contributed by atoms with Gasteiger partial charge in [-0.1, -0.05) is 183 Å². The minimum absolute atomic E-state index is 0.175. The van der Waals surface area contributed by atoms with Crippen LogP contribution in [0.15, 0.2) is 247 Å². The van der Waals surface area contributed by atoms with Crippen LogP contribution in [-0.2, 0) is 12.8 Å². The van der Waals surface area contributed by atoms with E-state index in [1.54, 1.807) is 0 Å². The van der Waals surface area contributed by atoms with Crippen molar-refractivity contribution in [2.45, 2.75) is 44.4 Å². The van der Waals surface area contributed by atoms with Gasteiger partial charge in [0.05, 0.1) is 0 Å². The zero-order valence-electron chi connectivity index (χ0n) is 36.2. The van der Waals surface area contributed by atoms with Gasteiger partial charge in [-0.3, -0.25) is 0 Å². The summed E-state index contributed by atoms with van der Waals surface area (Å²) < 4.78 is 0. The molecule has 6 aromatic rings. The third kappa shape index (κ3) is 9.18. The predicted octanol–water partition coefficient (Wildman–Crippen LogP) is 15.5. The third-order valence-corrected chi connectivity index (χ3v) is 13.7. The van der Waals surface area contributed by atoms with Crippen molar-refractivity contribution in [1.29, 1.82) is 0 Å². The average molecular weight is 817 g/mol. The fourth-order valence-electron chi connectivity index (χ4n) is 10.3. The molecular formula is C61H56N2. The molecule has 0 aliphatic heterocycles. The molecule has 0 aromatic heterocycles. The molecule has 10 rings (SSSR count). The van der Waals surface area contributed by atoms with Gasteiger partial charge in [0.15, 0.2) is 0 Å². The van der Waals surface area contributed by atoms with E-state index in [1.165, 1.54) is 51.1 Å². The van der Waals surface area contributed by atoms with E-state index >= 15 is 0 Å². The van der Waals surface area contributed by atoms with Crippen molar-refractivity contribution in [1.82, 2.24) is 0 Å². The van der Waals surface area contributed by atoms with Crippen LogP contribution in [0.4, 0.5) is 22.7 Å². The van der Waals surface area contributed by atoms with Crippen molar-refractivity contribution < 1.29 is 0 Å². The van der Waals surface area contributed by atoms with Gasteiger partial charge in [0.25, 0.3) is 0 Å². The lowest BCUT2D eigenvalue weighted by Crippen LogP contribution is -2.27. The maximum Gasteiger partial charge on any atom is 0.0461 e. The number of allylic oxidation sites excluding steroid dienone is 13. The van der Waals surface area contributed by atoms with E-state index in [1.807, 2.05) is 0 Å². The molecule has 2 heteroatoms. The van der Waals surface area contributed by atoms with Crippen molar-refractivity contribution in [2.24, 2.45) is 23.7 Å². The zero-order valence-corrected chi connectivity index (χ0v) is 36.2. The zero-order chi connectivity index (χ0) is 42.4. The Kier molecular flexibility index (Phi) is 11.9. The summed E-state index contributed by atoms with van der Waals surface area (Å²) in [5, 5.41) is 3.58. The molecule has 0 saturated heterocycles. The maximum absolute atomic E-state index is 3.58.